The van der Waals surface area contributed by atoms with Crippen LogP contribution in [-0.4, -0.2) is 14.6 Å². The summed E-state index contributed by atoms with van der Waals surface area (Å²) in [5, 5.41) is 13.2. The van der Waals surface area contributed by atoms with Crippen molar-refractivity contribution in [3.8, 4) is 6.07 Å². The molecule has 110 valence electrons. The second-order valence-corrected chi connectivity index (χ2v) is 5.24. The SMILES string of the molecule is CCc1c(C(C)c2ccccc2)[nH]c2c(C#N)cnn2c1=O. The molecule has 5 heteroatoms. The molecule has 3 rings (SSSR count). The summed E-state index contributed by atoms with van der Waals surface area (Å²) in [5.74, 6) is 0.0373. The van der Waals surface area contributed by atoms with Gasteiger partial charge < -0.3 is 4.98 Å². The number of H-pyrrole nitrogens is 1. The average Bonchev–Trinajstić information content (AvgIpc) is 2.98. The van der Waals surface area contributed by atoms with Crippen LogP contribution >= 0.6 is 0 Å². The van der Waals surface area contributed by atoms with Gasteiger partial charge in [-0.3, -0.25) is 4.79 Å². The summed E-state index contributed by atoms with van der Waals surface area (Å²) in [7, 11) is 0. The Kier molecular flexibility index (Phi) is 3.51. The van der Waals surface area contributed by atoms with E-state index in [0.29, 0.717) is 23.2 Å². The second-order valence-electron chi connectivity index (χ2n) is 5.24. The lowest BCUT2D eigenvalue weighted by Crippen LogP contribution is -2.23. The molecule has 0 fully saturated rings. The molecule has 3 aromatic rings. The van der Waals surface area contributed by atoms with E-state index in [1.165, 1.54) is 10.7 Å². The van der Waals surface area contributed by atoms with E-state index < -0.39 is 0 Å². The van der Waals surface area contributed by atoms with E-state index in [-0.39, 0.29) is 11.5 Å². The number of hydrogen-bond acceptors (Lipinski definition) is 3. The monoisotopic (exact) mass is 292 g/mol. The number of aromatic amines is 1. The van der Waals surface area contributed by atoms with E-state index in [4.69, 9.17) is 5.26 Å². The van der Waals surface area contributed by atoms with Crippen LogP contribution in [-0.2, 0) is 6.42 Å². The first kappa shape index (κ1) is 14.1. The van der Waals surface area contributed by atoms with Gasteiger partial charge in [-0.05, 0) is 12.0 Å². The molecule has 0 saturated heterocycles. The molecule has 1 unspecified atom stereocenters. The topological polar surface area (TPSA) is 73.9 Å². The molecule has 0 saturated carbocycles. The predicted octanol–water partition coefficient (Wildman–Crippen LogP) is 2.61. The fourth-order valence-electron chi connectivity index (χ4n) is 2.77. The predicted molar refractivity (Wildman–Crippen MR) is 83.9 cm³/mol. The van der Waals surface area contributed by atoms with Gasteiger partial charge in [-0.1, -0.05) is 44.2 Å². The molecule has 2 heterocycles. The highest BCUT2D eigenvalue weighted by molar-refractivity contribution is 5.55. The van der Waals surface area contributed by atoms with Gasteiger partial charge in [-0.2, -0.15) is 14.9 Å². The fraction of sp³-hybridized carbons (Fsp3) is 0.235. The zero-order valence-electron chi connectivity index (χ0n) is 12.5. The number of nitriles is 1. The summed E-state index contributed by atoms with van der Waals surface area (Å²) in [4.78, 5) is 15.9. The molecule has 22 heavy (non-hydrogen) atoms. The minimum Gasteiger partial charge on any atom is -0.341 e. The van der Waals surface area contributed by atoms with Crippen LogP contribution in [0, 0.1) is 11.3 Å². The van der Waals surface area contributed by atoms with Gasteiger partial charge in [0.25, 0.3) is 5.56 Å². The number of benzene rings is 1. The summed E-state index contributed by atoms with van der Waals surface area (Å²) in [6, 6.07) is 12.1. The maximum atomic E-state index is 12.6. The molecule has 1 atom stereocenters. The minimum atomic E-state index is -0.157. The first-order valence-electron chi connectivity index (χ1n) is 7.25. The molecule has 2 aromatic heterocycles. The van der Waals surface area contributed by atoms with E-state index in [1.807, 2.05) is 37.3 Å². The maximum Gasteiger partial charge on any atom is 0.277 e. The summed E-state index contributed by atoms with van der Waals surface area (Å²) < 4.78 is 1.28. The van der Waals surface area contributed by atoms with Crippen LogP contribution in [0.4, 0.5) is 0 Å². The Hall–Kier alpha value is -2.87. The van der Waals surface area contributed by atoms with Crippen LogP contribution in [0.1, 0.15) is 42.1 Å². The molecular formula is C17H16N4O. The molecule has 0 amide bonds. The van der Waals surface area contributed by atoms with Crippen LogP contribution in [0.2, 0.25) is 0 Å². The van der Waals surface area contributed by atoms with Gasteiger partial charge in [-0.25, -0.2) is 0 Å². The highest BCUT2D eigenvalue weighted by atomic mass is 16.1. The van der Waals surface area contributed by atoms with E-state index in [2.05, 4.69) is 23.1 Å². The molecule has 0 aliphatic rings. The van der Waals surface area contributed by atoms with Crippen molar-refractivity contribution in [2.75, 3.05) is 0 Å². The van der Waals surface area contributed by atoms with Crippen LogP contribution in [0.3, 0.4) is 0 Å². The van der Waals surface area contributed by atoms with Crippen molar-refractivity contribution < 1.29 is 0 Å². The Labute approximate surface area is 127 Å². The molecule has 0 aliphatic heterocycles. The van der Waals surface area contributed by atoms with Gasteiger partial charge in [0.2, 0.25) is 0 Å². The van der Waals surface area contributed by atoms with Gasteiger partial charge in [0, 0.05) is 17.2 Å². The highest BCUT2D eigenvalue weighted by Crippen LogP contribution is 2.25. The van der Waals surface area contributed by atoms with Crippen molar-refractivity contribution in [1.29, 1.82) is 5.26 Å². The number of fused-ring (bicyclic) bond motifs is 1. The summed E-state index contributed by atoms with van der Waals surface area (Å²) >= 11 is 0. The summed E-state index contributed by atoms with van der Waals surface area (Å²) in [6.07, 6.45) is 2.03. The minimum absolute atomic E-state index is 0.0373. The quantitative estimate of drug-likeness (QED) is 0.806. The number of rotatable bonds is 3. The number of nitrogens with zero attached hydrogens (tertiary/aromatic N) is 3. The van der Waals surface area contributed by atoms with Crippen LogP contribution in [0.15, 0.2) is 41.3 Å². The van der Waals surface area contributed by atoms with Crippen molar-refractivity contribution in [1.82, 2.24) is 14.6 Å². The van der Waals surface area contributed by atoms with Crippen molar-refractivity contribution in [3.63, 3.8) is 0 Å². The van der Waals surface area contributed by atoms with Crippen LogP contribution in [0.25, 0.3) is 5.65 Å². The third-order valence-electron chi connectivity index (χ3n) is 4.00. The van der Waals surface area contributed by atoms with E-state index >= 15 is 0 Å². The molecule has 5 nitrogen and oxygen atoms in total. The lowest BCUT2D eigenvalue weighted by molar-refractivity contribution is 0.791. The Morgan fingerprint density at radius 3 is 2.73 bits per heavy atom. The van der Waals surface area contributed by atoms with Crippen LogP contribution < -0.4 is 5.56 Å². The lowest BCUT2D eigenvalue weighted by atomic mass is 9.94. The Bertz CT molecular complexity index is 915. The third kappa shape index (κ3) is 2.09. The number of hydrogen-bond donors (Lipinski definition) is 1. The van der Waals surface area contributed by atoms with E-state index in [0.717, 1.165) is 11.3 Å². The van der Waals surface area contributed by atoms with Crippen LogP contribution in [0.5, 0.6) is 0 Å². The molecule has 0 aliphatic carbocycles. The smallest absolute Gasteiger partial charge is 0.277 e. The van der Waals surface area contributed by atoms with Crippen molar-refractivity contribution in [3.05, 3.63) is 69.3 Å². The largest absolute Gasteiger partial charge is 0.341 e. The normalized spacial score (nSPS) is 12.2. The second kappa shape index (κ2) is 5.49. The standard InChI is InChI=1S/C17H16N4O/c1-3-14-15(11(2)12-7-5-4-6-8-12)20-16-13(9-18)10-19-21(16)17(14)22/h4-8,10-11,20H,3H2,1-2H3. The first-order chi connectivity index (χ1) is 10.7. The molecular weight excluding hydrogens is 276 g/mol. The average molecular weight is 292 g/mol. The lowest BCUT2D eigenvalue weighted by Gasteiger charge is -2.16. The van der Waals surface area contributed by atoms with Gasteiger partial charge in [0.15, 0.2) is 5.65 Å². The van der Waals surface area contributed by atoms with Gasteiger partial charge >= 0.3 is 0 Å². The maximum absolute atomic E-state index is 12.6. The first-order valence-corrected chi connectivity index (χ1v) is 7.25. The summed E-state index contributed by atoms with van der Waals surface area (Å²) in [5.41, 5.74) is 3.36. The van der Waals surface area contributed by atoms with Gasteiger partial charge in [-0.15, -0.1) is 0 Å². The molecule has 1 N–H and O–H groups in total. The third-order valence-corrected chi connectivity index (χ3v) is 4.00. The highest BCUT2D eigenvalue weighted by Gasteiger charge is 2.19. The Morgan fingerprint density at radius 2 is 2.09 bits per heavy atom. The number of aromatic nitrogens is 3. The zero-order valence-corrected chi connectivity index (χ0v) is 12.5. The molecule has 0 spiro atoms. The molecule has 0 radical (unpaired) electrons. The van der Waals surface area contributed by atoms with E-state index in [1.54, 1.807) is 0 Å². The van der Waals surface area contributed by atoms with Crippen molar-refractivity contribution in [2.45, 2.75) is 26.2 Å². The van der Waals surface area contributed by atoms with E-state index in [9.17, 15) is 4.79 Å². The Morgan fingerprint density at radius 1 is 1.36 bits per heavy atom. The van der Waals surface area contributed by atoms with Crippen molar-refractivity contribution in [2.24, 2.45) is 0 Å². The fourth-order valence-corrected chi connectivity index (χ4v) is 2.77. The molecule has 1 aromatic carbocycles. The van der Waals surface area contributed by atoms with Crippen molar-refractivity contribution >= 4 is 5.65 Å². The molecule has 0 bridgehead atoms. The van der Waals surface area contributed by atoms with Gasteiger partial charge in [0.1, 0.15) is 11.6 Å². The Balaban J connectivity index is 2.29. The summed E-state index contributed by atoms with van der Waals surface area (Å²) in [6.45, 7) is 4.00. The zero-order chi connectivity index (χ0) is 15.7. The van der Waals surface area contributed by atoms with Gasteiger partial charge in [0.05, 0.1) is 6.20 Å². The number of nitrogens with one attached hydrogen (secondary N) is 1.